The van der Waals surface area contributed by atoms with Crippen molar-refractivity contribution in [3.63, 3.8) is 0 Å². The van der Waals surface area contributed by atoms with Crippen molar-refractivity contribution in [2.45, 2.75) is 50.1 Å². The zero-order valence-corrected chi connectivity index (χ0v) is 15.1. The molecule has 4 rings (SSSR count). The quantitative estimate of drug-likeness (QED) is 0.856. The molecule has 9 heteroatoms. The molecule has 0 aromatic carbocycles. The highest BCUT2D eigenvalue weighted by molar-refractivity contribution is 5.85. The van der Waals surface area contributed by atoms with Crippen LogP contribution in [0.3, 0.4) is 0 Å². The fourth-order valence-electron chi connectivity index (χ4n) is 3.47. The first-order valence-electron chi connectivity index (χ1n) is 8.14. The van der Waals surface area contributed by atoms with E-state index < -0.39 is 5.54 Å². The molecule has 3 heterocycles. The van der Waals surface area contributed by atoms with Crippen LogP contribution in [0.15, 0.2) is 16.8 Å². The van der Waals surface area contributed by atoms with E-state index in [1.807, 2.05) is 16.9 Å². The van der Waals surface area contributed by atoms with Gasteiger partial charge in [-0.25, -0.2) is 0 Å². The molecule has 1 atom stereocenters. The van der Waals surface area contributed by atoms with Crippen molar-refractivity contribution in [3.8, 4) is 11.6 Å². The van der Waals surface area contributed by atoms with Crippen LogP contribution < -0.4 is 11.1 Å². The van der Waals surface area contributed by atoms with Crippen LogP contribution in [0, 0.1) is 0 Å². The van der Waals surface area contributed by atoms with Crippen LogP contribution in [-0.2, 0) is 5.54 Å². The number of nitrogens with zero attached hydrogens (tertiary/aromatic N) is 4. The highest BCUT2D eigenvalue weighted by Gasteiger charge is 2.36. The Morgan fingerprint density at radius 1 is 1.25 bits per heavy atom. The summed E-state index contributed by atoms with van der Waals surface area (Å²) in [6.07, 6.45) is 8.43. The predicted molar refractivity (Wildman–Crippen MR) is 95.5 cm³/mol. The maximum atomic E-state index is 6.38. The monoisotopic (exact) mass is 374 g/mol. The van der Waals surface area contributed by atoms with Gasteiger partial charge in [0, 0.05) is 12.7 Å². The molecule has 24 heavy (non-hydrogen) atoms. The van der Waals surface area contributed by atoms with Gasteiger partial charge < -0.3 is 15.6 Å². The number of hydrogen-bond donors (Lipinski definition) is 2. The number of aromatic nitrogens is 4. The molecule has 1 saturated heterocycles. The Morgan fingerprint density at radius 3 is 2.75 bits per heavy atom. The maximum absolute atomic E-state index is 6.38. The van der Waals surface area contributed by atoms with Crippen molar-refractivity contribution >= 4 is 24.8 Å². The fraction of sp³-hybridized carbons (Fsp3) is 0.667. The Kier molecular flexibility index (Phi) is 6.25. The molecule has 2 fully saturated rings. The molecule has 0 radical (unpaired) electrons. The summed E-state index contributed by atoms with van der Waals surface area (Å²) in [4.78, 5) is 4.50. The van der Waals surface area contributed by atoms with Crippen molar-refractivity contribution in [2.24, 2.45) is 5.73 Å². The van der Waals surface area contributed by atoms with Crippen LogP contribution in [0.4, 0.5) is 0 Å². The van der Waals surface area contributed by atoms with E-state index in [0.717, 1.165) is 50.9 Å². The van der Waals surface area contributed by atoms with Gasteiger partial charge in [-0.05, 0) is 38.3 Å². The van der Waals surface area contributed by atoms with Crippen molar-refractivity contribution in [2.75, 3.05) is 13.1 Å². The predicted octanol–water partition coefficient (Wildman–Crippen LogP) is 2.43. The second-order valence-electron chi connectivity index (χ2n) is 6.47. The molecule has 2 aliphatic rings. The van der Waals surface area contributed by atoms with E-state index in [1.165, 1.54) is 6.42 Å². The van der Waals surface area contributed by atoms with E-state index in [1.54, 1.807) is 0 Å². The van der Waals surface area contributed by atoms with Gasteiger partial charge in [-0.2, -0.15) is 10.1 Å². The molecule has 1 unspecified atom stereocenters. The summed E-state index contributed by atoms with van der Waals surface area (Å²) in [5.74, 6) is 1.09. The number of nitrogens with one attached hydrogen (secondary N) is 1. The maximum Gasteiger partial charge on any atom is 0.278 e. The molecule has 134 valence electrons. The van der Waals surface area contributed by atoms with Crippen LogP contribution in [0.2, 0.25) is 0 Å². The van der Waals surface area contributed by atoms with Gasteiger partial charge in [0.2, 0.25) is 0 Å². The summed E-state index contributed by atoms with van der Waals surface area (Å²) in [6.45, 7) is 2.05. The Bertz CT molecular complexity index is 646. The lowest BCUT2D eigenvalue weighted by atomic mass is 9.99. The average molecular weight is 375 g/mol. The lowest BCUT2D eigenvalue weighted by Gasteiger charge is -2.22. The van der Waals surface area contributed by atoms with Gasteiger partial charge in [0.1, 0.15) is 0 Å². The van der Waals surface area contributed by atoms with Gasteiger partial charge in [0.05, 0.1) is 11.6 Å². The van der Waals surface area contributed by atoms with E-state index in [0.29, 0.717) is 17.8 Å². The van der Waals surface area contributed by atoms with Gasteiger partial charge in [0.15, 0.2) is 11.5 Å². The van der Waals surface area contributed by atoms with Gasteiger partial charge in [-0.15, -0.1) is 24.8 Å². The number of nitrogens with two attached hydrogens (primary N) is 1. The lowest BCUT2D eigenvalue weighted by Crippen LogP contribution is -2.34. The SMILES string of the molecule is Cl.Cl.NC1(c2noc(-c3ccn(C4CCCNC4)n3)n2)CCCC1. The molecule has 0 spiro atoms. The average Bonchev–Trinajstić information content (AvgIpc) is 3.28. The molecular formula is C15H24Cl2N6O. The van der Waals surface area contributed by atoms with E-state index in [4.69, 9.17) is 10.3 Å². The summed E-state index contributed by atoms with van der Waals surface area (Å²) < 4.78 is 7.40. The van der Waals surface area contributed by atoms with Crippen LogP contribution in [0.25, 0.3) is 11.6 Å². The van der Waals surface area contributed by atoms with Crippen molar-refractivity contribution in [3.05, 3.63) is 18.1 Å². The summed E-state index contributed by atoms with van der Waals surface area (Å²) >= 11 is 0. The normalized spacial score (nSPS) is 22.6. The van der Waals surface area contributed by atoms with Gasteiger partial charge in [0.25, 0.3) is 5.89 Å². The van der Waals surface area contributed by atoms with Crippen molar-refractivity contribution in [1.29, 1.82) is 0 Å². The fourth-order valence-corrected chi connectivity index (χ4v) is 3.47. The largest absolute Gasteiger partial charge is 0.332 e. The molecule has 2 aromatic rings. The zero-order chi connectivity index (χ0) is 15.0. The molecule has 7 nitrogen and oxygen atoms in total. The number of rotatable bonds is 3. The third kappa shape index (κ3) is 3.59. The Labute approximate surface area is 153 Å². The minimum absolute atomic E-state index is 0. The molecule has 3 N–H and O–H groups in total. The Morgan fingerprint density at radius 2 is 2.04 bits per heavy atom. The standard InChI is InChI=1S/C15H22N6O.2ClH/c16-15(6-1-2-7-15)14-18-13(22-20-14)12-5-9-21(19-12)11-4-3-8-17-10-11;;/h5,9,11,17H,1-4,6-8,10,16H2;2*1H. The topological polar surface area (TPSA) is 94.8 Å². The summed E-state index contributed by atoms with van der Waals surface area (Å²) in [7, 11) is 0. The zero-order valence-electron chi connectivity index (χ0n) is 13.5. The number of piperidine rings is 1. The highest BCUT2D eigenvalue weighted by Crippen LogP contribution is 2.35. The number of hydrogen-bond acceptors (Lipinski definition) is 6. The summed E-state index contributed by atoms with van der Waals surface area (Å²) in [5.41, 5.74) is 6.68. The van der Waals surface area contributed by atoms with Crippen LogP contribution >= 0.6 is 24.8 Å². The molecule has 1 saturated carbocycles. The first kappa shape index (κ1) is 19.2. The Hall–Kier alpha value is -1.15. The number of halogens is 2. The van der Waals surface area contributed by atoms with Gasteiger partial charge in [-0.1, -0.05) is 18.0 Å². The molecule has 1 aliphatic carbocycles. The van der Waals surface area contributed by atoms with E-state index in [2.05, 4.69) is 20.6 Å². The van der Waals surface area contributed by atoms with E-state index >= 15 is 0 Å². The summed E-state index contributed by atoms with van der Waals surface area (Å²) in [6, 6.07) is 2.34. The molecule has 2 aromatic heterocycles. The first-order valence-corrected chi connectivity index (χ1v) is 8.14. The Balaban J connectivity index is 0.00000104. The van der Waals surface area contributed by atoms with Crippen molar-refractivity contribution in [1.82, 2.24) is 25.2 Å². The molecule has 0 amide bonds. The third-order valence-electron chi connectivity index (χ3n) is 4.84. The third-order valence-corrected chi connectivity index (χ3v) is 4.84. The molecule has 1 aliphatic heterocycles. The second kappa shape index (κ2) is 7.82. The van der Waals surface area contributed by atoms with E-state index in [9.17, 15) is 0 Å². The second-order valence-corrected chi connectivity index (χ2v) is 6.47. The molecular weight excluding hydrogens is 351 g/mol. The smallest absolute Gasteiger partial charge is 0.278 e. The highest BCUT2D eigenvalue weighted by atomic mass is 35.5. The minimum atomic E-state index is -0.419. The van der Waals surface area contributed by atoms with Crippen LogP contribution in [0.1, 0.15) is 50.4 Å². The van der Waals surface area contributed by atoms with Gasteiger partial charge in [-0.3, -0.25) is 4.68 Å². The van der Waals surface area contributed by atoms with Crippen LogP contribution in [0.5, 0.6) is 0 Å². The first-order chi connectivity index (χ1) is 10.7. The van der Waals surface area contributed by atoms with Crippen LogP contribution in [-0.4, -0.2) is 33.0 Å². The molecule has 0 bridgehead atoms. The van der Waals surface area contributed by atoms with E-state index in [-0.39, 0.29) is 24.8 Å². The van der Waals surface area contributed by atoms with Crippen molar-refractivity contribution < 1.29 is 4.52 Å². The van der Waals surface area contributed by atoms with Gasteiger partial charge >= 0.3 is 0 Å². The lowest BCUT2D eigenvalue weighted by molar-refractivity contribution is 0.345. The summed E-state index contributed by atoms with van der Waals surface area (Å²) in [5, 5.41) is 12.1. The minimum Gasteiger partial charge on any atom is -0.332 e.